The number of nitrogens with zero attached hydrogens (tertiary/aromatic N) is 2. The Kier molecular flexibility index (Phi) is 3.86. The van der Waals surface area contributed by atoms with Crippen LogP contribution in [-0.2, 0) is 0 Å². The van der Waals surface area contributed by atoms with Gasteiger partial charge in [-0.25, -0.2) is 4.98 Å². The molecule has 0 radical (unpaired) electrons. The third-order valence-corrected chi connectivity index (χ3v) is 4.06. The van der Waals surface area contributed by atoms with Gasteiger partial charge in [-0.3, -0.25) is 4.79 Å². The van der Waals surface area contributed by atoms with Crippen molar-refractivity contribution in [2.75, 3.05) is 13.1 Å². The van der Waals surface area contributed by atoms with Gasteiger partial charge in [-0.2, -0.15) is 0 Å². The van der Waals surface area contributed by atoms with Crippen LogP contribution < -0.4 is 0 Å². The van der Waals surface area contributed by atoms with E-state index in [1.807, 2.05) is 11.8 Å². The van der Waals surface area contributed by atoms with Gasteiger partial charge < -0.3 is 4.90 Å². The number of likely N-dealkylation sites (tertiary alicyclic amines) is 1. The highest BCUT2D eigenvalue weighted by Crippen LogP contribution is 2.34. The number of aryl methyl sites for hydroxylation is 1. The van der Waals surface area contributed by atoms with E-state index in [0.717, 1.165) is 25.2 Å². The van der Waals surface area contributed by atoms with Crippen LogP contribution in [0.25, 0.3) is 0 Å². The molecular weight excluding hydrogens is 260 g/mol. The molecule has 1 fully saturated rings. The van der Waals surface area contributed by atoms with E-state index < -0.39 is 0 Å². The van der Waals surface area contributed by atoms with Crippen LogP contribution in [0, 0.1) is 18.3 Å². The van der Waals surface area contributed by atoms with Crippen molar-refractivity contribution in [2.24, 2.45) is 11.3 Å². The molecule has 0 aliphatic carbocycles. The topological polar surface area (TPSA) is 33.2 Å². The smallest absolute Gasteiger partial charge is 0.254 e. The zero-order valence-electron chi connectivity index (χ0n) is 12.0. The van der Waals surface area contributed by atoms with Crippen LogP contribution in [0.5, 0.6) is 0 Å². The van der Waals surface area contributed by atoms with Crippen LogP contribution in [0.15, 0.2) is 12.1 Å². The molecule has 0 saturated carbocycles. The van der Waals surface area contributed by atoms with Crippen molar-refractivity contribution >= 4 is 17.5 Å². The Balaban J connectivity index is 2.13. The van der Waals surface area contributed by atoms with Gasteiger partial charge in [0.25, 0.3) is 5.91 Å². The van der Waals surface area contributed by atoms with E-state index in [2.05, 4.69) is 25.8 Å². The van der Waals surface area contributed by atoms with Crippen LogP contribution in [0.2, 0.25) is 5.15 Å². The van der Waals surface area contributed by atoms with Crippen molar-refractivity contribution in [3.63, 3.8) is 0 Å². The molecule has 1 saturated heterocycles. The number of halogens is 1. The van der Waals surface area contributed by atoms with Crippen molar-refractivity contribution in [3.8, 4) is 0 Å². The molecule has 1 aliphatic heterocycles. The monoisotopic (exact) mass is 280 g/mol. The van der Waals surface area contributed by atoms with Gasteiger partial charge in [0.2, 0.25) is 0 Å². The first kappa shape index (κ1) is 14.3. The highest BCUT2D eigenvalue weighted by atomic mass is 35.5. The fourth-order valence-corrected chi connectivity index (χ4v) is 2.84. The largest absolute Gasteiger partial charge is 0.338 e. The molecule has 0 spiro atoms. The van der Waals surface area contributed by atoms with Gasteiger partial charge in [0.1, 0.15) is 5.15 Å². The van der Waals surface area contributed by atoms with Crippen LogP contribution in [0.1, 0.15) is 43.2 Å². The summed E-state index contributed by atoms with van der Waals surface area (Å²) in [5, 5.41) is 0.384. The predicted octanol–water partition coefficient (Wildman–Crippen LogP) is 3.55. The number of carbonyl (C=O) groups is 1. The molecule has 0 bridgehead atoms. The minimum absolute atomic E-state index is 0.0687. The molecule has 1 aromatic heterocycles. The molecule has 3 nitrogen and oxygen atoms in total. The van der Waals surface area contributed by atoms with Crippen LogP contribution >= 0.6 is 11.6 Å². The molecule has 1 unspecified atom stereocenters. The molecule has 0 aromatic carbocycles. The number of hydrogen-bond acceptors (Lipinski definition) is 2. The van der Waals surface area contributed by atoms with Crippen molar-refractivity contribution in [1.29, 1.82) is 0 Å². The molecule has 0 N–H and O–H groups in total. The summed E-state index contributed by atoms with van der Waals surface area (Å²) in [7, 11) is 0. The molecule has 1 atom stereocenters. The maximum Gasteiger partial charge on any atom is 0.254 e. The lowest BCUT2D eigenvalue weighted by molar-refractivity contribution is 0.0776. The van der Waals surface area contributed by atoms with Crippen molar-refractivity contribution in [2.45, 2.75) is 34.1 Å². The molecule has 1 aliphatic rings. The Hall–Kier alpha value is -1.09. The van der Waals surface area contributed by atoms with E-state index >= 15 is 0 Å². The van der Waals surface area contributed by atoms with Gasteiger partial charge in [0.15, 0.2) is 0 Å². The summed E-state index contributed by atoms with van der Waals surface area (Å²) >= 11 is 5.92. The van der Waals surface area contributed by atoms with Crippen molar-refractivity contribution in [3.05, 3.63) is 28.5 Å². The minimum atomic E-state index is 0.0687. The molecule has 19 heavy (non-hydrogen) atoms. The number of amides is 1. The number of aromatic nitrogens is 1. The predicted molar refractivity (Wildman–Crippen MR) is 77.4 cm³/mol. The van der Waals surface area contributed by atoms with Crippen molar-refractivity contribution in [1.82, 2.24) is 9.88 Å². The number of hydrogen-bond donors (Lipinski definition) is 0. The van der Waals surface area contributed by atoms with E-state index in [4.69, 9.17) is 11.6 Å². The first-order valence-electron chi connectivity index (χ1n) is 6.71. The minimum Gasteiger partial charge on any atom is -0.338 e. The summed E-state index contributed by atoms with van der Waals surface area (Å²) in [5.74, 6) is 0.633. The lowest BCUT2D eigenvalue weighted by Gasteiger charge is -2.27. The number of rotatable bonds is 1. The average Bonchev–Trinajstić information content (AvgIpc) is 2.75. The normalized spacial score (nSPS) is 19.8. The van der Waals surface area contributed by atoms with E-state index in [1.54, 1.807) is 12.1 Å². The van der Waals surface area contributed by atoms with Crippen molar-refractivity contribution < 1.29 is 4.79 Å². The van der Waals surface area contributed by atoms with E-state index in [0.29, 0.717) is 16.6 Å². The second kappa shape index (κ2) is 5.12. The summed E-state index contributed by atoms with van der Waals surface area (Å²) in [5.41, 5.74) is 1.68. The highest BCUT2D eigenvalue weighted by Gasteiger charge is 2.34. The third-order valence-electron chi connectivity index (χ3n) is 3.87. The summed E-state index contributed by atoms with van der Waals surface area (Å²) in [6.07, 6.45) is 1.08. The Morgan fingerprint density at radius 1 is 1.42 bits per heavy atom. The lowest BCUT2D eigenvalue weighted by Crippen LogP contribution is -2.31. The summed E-state index contributed by atoms with van der Waals surface area (Å²) < 4.78 is 0. The quantitative estimate of drug-likeness (QED) is 0.737. The first-order chi connectivity index (χ1) is 8.77. The molecular formula is C15H21ClN2O. The Morgan fingerprint density at radius 3 is 2.63 bits per heavy atom. The van der Waals surface area contributed by atoms with Gasteiger partial charge in [-0.15, -0.1) is 0 Å². The zero-order chi connectivity index (χ0) is 14.2. The summed E-state index contributed by atoms with van der Waals surface area (Å²) in [6.45, 7) is 10.2. The summed E-state index contributed by atoms with van der Waals surface area (Å²) in [6, 6.07) is 3.46. The third kappa shape index (κ3) is 3.27. The molecule has 1 amide bonds. The standard InChI is InChI=1S/C15H21ClN2O/c1-10-7-11(8-13(16)17-10)14(19)18-6-5-12(9-18)15(2,3)4/h7-8,12H,5-6,9H2,1-4H3. The Bertz CT molecular complexity index is 473. The fourth-order valence-electron chi connectivity index (χ4n) is 2.59. The van der Waals surface area contributed by atoms with Crippen LogP contribution in [0.4, 0.5) is 0 Å². The van der Waals surface area contributed by atoms with E-state index in [-0.39, 0.29) is 11.3 Å². The van der Waals surface area contributed by atoms with Gasteiger partial charge in [-0.05, 0) is 36.8 Å². The highest BCUT2D eigenvalue weighted by molar-refractivity contribution is 6.29. The molecule has 2 heterocycles. The SMILES string of the molecule is Cc1cc(C(=O)N2CCC(C(C)(C)C)C2)cc(Cl)n1. The van der Waals surface area contributed by atoms with Gasteiger partial charge in [0, 0.05) is 24.3 Å². The maximum absolute atomic E-state index is 12.5. The van der Waals surface area contributed by atoms with Crippen LogP contribution in [0.3, 0.4) is 0 Å². The van der Waals surface area contributed by atoms with Gasteiger partial charge in [0.05, 0.1) is 0 Å². The molecule has 104 valence electrons. The van der Waals surface area contributed by atoms with Gasteiger partial charge >= 0.3 is 0 Å². The fraction of sp³-hybridized carbons (Fsp3) is 0.600. The average molecular weight is 281 g/mol. The zero-order valence-corrected chi connectivity index (χ0v) is 12.8. The maximum atomic E-state index is 12.5. The number of carbonyl (C=O) groups excluding carboxylic acids is 1. The number of pyridine rings is 1. The second-order valence-corrected chi connectivity index (χ2v) is 6.81. The van der Waals surface area contributed by atoms with Gasteiger partial charge in [-0.1, -0.05) is 32.4 Å². The Morgan fingerprint density at radius 2 is 2.11 bits per heavy atom. The molecule has 1 aromatic rings. The molecule has 2 rings (SSSR count). The van der Waals surface area contributed by atoms with E-state index in [9.17, 15) is 4.79 Å². The summed E-state index contributed by atoms with van der Waals surface area (Å²) in [4.78, 5) is 18.5. The van der Waals surface area contributed by atoms with Crippen LogP contribution in [-0.4, -0.2) is 28.9 Å². The lowest BCUT2D eigenvalue weighted by atomic mass is 9.80. The second-order valence-electron chi connectivity index (χ2n) is 6.42. The van der Waals surface area contributed by atoms with E-state index in [1.165, 1.54) is 0 Å². The molecule has 4 heteroatoms. The Labute approximate surface area is 120 Å². The first-order valence-corrected chi connectivity index (χ1v) is 7.08.